The van der Waals surface area contributed by atoms with Crippen LogP contribution in [0, 0.1) is 6.92 Å². The number of aryl methyl sites for hydroxylation is 2. The first-order valence-corrected chi connectivity index (χ1v) is 12.3. The number of hydrogen-bond donors (Lipinski definition) is 2. The maximum atomic E-state index is 12.9. The van der Waals surface area contributed by atoms with Crippen LogP contribution in [0.15, 0.2) is 60.4 Å². The molecule has 2 N–H and O–H groups in total. The van der Waals surface area contributed by atoms with Gasteiger partial charge in [0, 0.05) is 40.3 Å². The lowest BCUT2D eigenvalue weighted by Gasteiger charge is -2.29. The lowest BCUT2D eigenvalue weighted by Crippen LogP contribution is -2.52. The molecule has 36 heavy (non-hydrogen) atoms. The number of carbonyl (C=O) groups excluding carboxylic acids is 4. The van der Waals surface area contributed by atoms with E-state index in [0.29, 0.717) is 40.7 Å². The SMILES string of the molecule is C=C1CCC(N2C(=O)C=C(Nc3ccc(Cl)c(CCC(=O)Cc4ccc(C)c(Cl)c4)c3)C2=O)C(=O)N1. The minimum absolute atomic E-state index is 0.0488. The highest BCUT2D eigenvalue weighted by molar-refractivity contribution is 6.31. The number of hydrogen-bond acceptors (Lipinski definition) is 5. The van der Waals surface area contributed by atoms with Crippen LogP contribution in [0.25, 0.3) is 0 Å². The van der Waals surface area contributed by atoms with Crippen molar-refractivity contribution in [2.75, 3.05) is 5.32 Å². The molecule has 0 radical (unpaired) electrons. The number of amides is 3. The van der Waals surface area contributed by atoms with Crippen molar-refractivity contribution in [2.45, 2.75) is 45.1 Å². The van der Waals surface area contributed by atoms with E-state index in [4.69, 9.17) is 23.2 Å². The second-order valence-corrected chi connectivity index (χ2v) is 9.76. The molecule has 1 fully saturated rings. The topological polar surface area (TPSA) is 95.6 Å². The van der Waals surface area contributed by atoms with E-state index in [1.807, 2.05) is 19.1 Å². The summed E-state index contributed by atoms with van der Waals surface area (Å²) >= 11 is 12.5. The van der Waals surface area contributed by atoms with Crippen LogP contribution in [-0.4, -0.2) is 34.4 Å². The van der Waals surface area contributed by atoms with E-state index in [9.17, 15) is 19.2 Å². The van der Waals surface area contributed by atoms with Gasteiger partial charge in [-0.3, -0.25) is 24.1 Å². The number of halogens is 2. The van der Waals surface area contributed by atoms with Crippen LogP contribution < -0.4 is 10.6 Å². The third kappa shape index (κ3) is 5.69. The van der Waals surface area contributed by atoms with Gasteiger partial charge in [-0.1, -0.05) is 41.9 Å². The van der Waals surface area contributed by atoms with Crippen LogP contribution in [-0.2, 0) is 32.0 Å². The molecule has 2 aliphatic heterocycles. The van der Waals surface area contributed by atoms with E-state index in [1.54, 1.807) is 24.3 Å². The highest BCUT2D eigenvalue weighted by Crippen LogP contribution is 2.27. The number of benzene rings is 2. The van der Waals surface area contributed by atoms with Crippen molar-refractivity contribution in [3.63, 3.8) is 0 Å². The van der Waals surface area contributed by atoms with Crippen molar-refractivity contribution >= 4 is 52.4 Å². The maximum absolute atomic E-state index is 12.9. The van der Waals surface area contributed by atoms with Gasteiger partial charge in [0.25, 0.3) is 11.8 Å². The molecule has 2 aromatic rings. The summed E-state index contributed by atoms with van der Waals surface area (Å²) in [6.07, 6.45) is 2.98. The number of imide groups is 1. The highest BCUT2D eigenvalue weighted by Gasteiger charge is 2.41. The van der Waals surface area contributed by atoms with E-state index in [-0.39, 0.29) is 24.3 Å². The monoisotopic (exact) mass is 525 g/mol. The lowest BCUT2D eigenvalue weighted by atomic mass is 10.0. The molecule has 0 bridgehead atoms. The molecule has 1 atom stereocenters. The van der Waals surface area contributed by atoms with Gasteiger partial charge in [0.2, 0.25) is 5.91 Å². The Hall–Kier alpha value is -3.42. The second kappa shape index (κ2) is 10.7. The number of nitrogens with zero attached hydrogens (tertiary/aromatic N) is 1. The largest absolute Gasteiger partial charge is 0.351 e. The van der Waals surface area contributed by atoms with Crippen molar-refractivity contribution in [3.8, 4) is 0 Å². The average molecular weight is 526 g/mol. The zero-order valence-corrected chi connectivity index (χ0v) is 21.2. The van der Waals surface area contributed by atoms with E-state index in [0.717, 1.165) is 21.6 Å². The van der Waals surface area contributed by atoms with Crippen LogP contribution >= 0.6 is 23.2 Å². The molecule has 2 heterocycles. The molecule has 2 aliphatic rings. The van der Waals surface area contributed by atoms with Gasteiger partial charge >= 0.3 is 0 Å². The van der Waals surface area contributed by atoms with Gasteiger partial charge in [0.15, 0.2) is 0 Å². The van der Waals surface area contributed by atoms with Gasteiger partial charge in [-0.25, -0.2) is 0 Å². The first kappa shape index (κ1) is 25.7. The fraction of sp³-hybridized carbons (Fsp3) is 0.259. The zero-order valence-electron chi connectivity index (χ0n) is 19.7. The van der Waals surface area contributed by atoms with Gasteiger partial charge in [0.1, 0.15) is 17.5 Å². The second-order valence-electron chi connectivity index (χ2n) is 8.95. The Balaban J connectivity index is 1.39. The molecular weight excluding hydrogens is 501 g/mol. The van der Waals surface area contributed by atoms with Gasteiger partial charge in [-0.15, -0.1) is 0 Å². The number of Topliss-reactive ketones (excluding diaryl/α,β-unsaturated/α-hetero) is 1. The Bertz CT molecular complexity index is 1320. The summed E-state index contributed by atoms with van der Waals surface area (Å²) < 4.78 is 0. The summed E-state index contributed by atoms with van der Waals surface area (Å²) in [6, 6.07) is 9.80. The van der Waals surface area contributed by atoms with Gasteiger partial charge < -0.3 is 10.6 Å². The summed E-state index contributed by atoms with van der Waals surface area (Å²) in [7, 11) is 0. The highest BCUT2D eigenvalue weighted by atomic mass is 35.5. The van der Waals surface area contributed by atoms with Crippen molar-refractivity contribution in [1.29, 1.82) is 0 Å². The molecule has 0 aliphatic carbocycles. The quantitative estimate of drug-likeness (QED) is 0.494. The Morgan fingerprint density at radius 3 is 2.64 bits per heavy atom. The Morgan fingerprint density at radius 2 is 1.92 bits per heavy atom. The van der Waals surface area contributed by atoms with Crippen molar-refractivity contribution in [2.24, 2.45) is 0 Å². The number of anilines is 1. The predicted octanol–water partition coefficient (Wildman–Crippen LogP) is 4.50. The first-order chi connectivity index (χ1) is 17.1. The number of allylic oxidation sites excluding steroid dienone is 1. The van der Waals surface area contributed by atoms with E-state index in [1.165, 1.54) is 6.08 Å². The Labute approximate surface area is 219 Å². The molecule has 0 saturated carbocycles. The van der Waals surface area contributed by atoms with Crippen molar-refractivity contribution in [1.82, 2.24) is 10.2 Å². The lowest BCUT2D eigenvalue weighted by molar-refractivity contribution is -0.146. The average Bonchev–Trinajstić information content (AvgIpc) is 3.09. The Morgan fingerprint density at radius 1 is 1.14 bits per heavy atom. The predicted molar refractivity (Wildman–Crippen MR) is 139 cm³/mol. The standard InChI is InChI=1S/C27H25Cl2N3O4/c1-15-3-5-17(12-22(15)29)11-20(33)8-6-18-13-19(7-9-21(18)28)31-23-14-25(34)32(27(23)36)24-10-4-16(2)30-26(24)35/h3,5,7,9,12-14,24,31H,2,4,6,8,10-11H2,1H3,(H,30,35). The molecule has 1 unspecified atom stereocenters. The third-order valence-electron chi connectivity index (χ3n) is 6.22. The number of rotatable bonds is 8. The Kier molecular flexibility index (Phi) is 7.62. The van der Waals surface area contributed by atoms with Crippen LogP contribution in [0.4, 0.5) is 5.69 Å². The molecule has 1 saturated heterocycles. The van der Waals surface area contributed by atoms with E-state index in [2.05, 4.69) is 17.2 Å². The number of ketones is 1. The molecule has 3 amide bonds. The van der Waals surface area contributed by atoms with E-state index < -0.39 is 23.8 Å². The number of nitrogens with one attached hydrogen (secondary N) is 2. The fourth-order valence-corrected chi connectivity index (χ4v) is 4.63. The van der Waals surface area contributed by atoms with Crippen LogP contribution in [0.5, 0.6) is 0 Å². The van der Waals surface area contributed by atoms with Crippen LogP contribution in [0.2, 0.25) is 10.0 Å². The van der Waals surface area contributed by atoms with Crippen molar-refractivity contribution < 1.29 is 19.2 Å². The number of carbonyl (C=O) groups is 4. The molecule has 0 aromatic heterocycles. The summed E-state index contributed by atoms with van der Waals surface area (Å²) in [5, 5.41) is 6.68. The molecule has 9 heteroatoms. The maximum Gasteiger partial charge on any atom is 0.278 e. The third-order valence-corrected chi connectivity index (χ3v) is 7.00. The summed E-state index contributed by atoms with van der Waals surface area (Å²) in [4.78, 5) is 51.2. The molecule has 0 spiro atoms. The summed E-state index contributed by atoms with van der Waals surface area (Å²) in [6.45, 7) is 5.63. The first-order valence-electron chi connectivity index (χ1n) is 11.5. The molecular formula is C27H25Cl2N3O4. The van der Waals surface area contributed by atoms with Crippen LogP contribution in [0.3, 0.4) is 0 Å². The van der Waals surface area contributed by atoms with Gasteiger partial charge in [0.05, 0.1) is 0 Å². The minimum Gasteiger partial charge on any atom is -0.351 e. The number of piperidine rings is 1. The summed E-state index contributed by atoms with van der Waals surface area (Å²) in [5.74, 6) is -1.50. The smallest absolute Gasteiger partial charge is 0.278 e. The van der Waals surface area contributed by atoms with Crippen LogP contribution in [0.1, 0.15) is 36.0 Å². The summed E-state index contributed by atoms with van der Waals surface area (Å²) in [5.41, 5.74) is 3.72. The fourth-order valence-electron chi connectivity index (χ4n) is 4.21. The zero-order chi connectivity index (χ0) is 26.0. The van der Waals surface area contributed by atoms with Gasteiger partial charge in [-0.2, -0.15) is 0 Å². The molecule has 4 rings (SSSR count). The van der Waals surface area contributed by atoms with Crippen molar-refractivity contribution in [3.05, 3.63) is 87.2 Å². The van der Waals surface area contributed by atoms with E-state index >= 15 is 0 Å². The normalized spacial score (nSPS) is 17.8. The molecule has 186 valence electrons. The molecule has 2 aromatic carbocycles. The minimum atomic E-state index is -0.874. The van der Waals surface area contributed by atoms with Gasteiger partial charge in [-0.05, 0) is 67.1 Å². The molecule has 7 nitrogen and oxygen atoms in total.